The predicted molar refractivity (Wildman–Crippen MR) is 113 cm³/mol. The lowest BCUT2D eigenvalue weighted by molar-refractivity contribution is -0.142. The van der Waals surface area contributed by atoms with Gasteiger partial charge >= 0.3 is 6.18 Å². The summed E-state index contributed by atoms with van der Waals surface area (Å²) in [6.07, 6.45) is -3.82. The van der Waals surface area contributed by atoms with E-state index in [0.717, 1.165) is 18.1 Å². The Labute approximate surface area is 182 Å². The molecule has 1 aliphatic rings. The van der Waals surface area contributed by atoms with Gasteiger partial charge in [0.25, 0.3) is 0 Å². The van der Waals surface area contributed by atoms with Crippen LogP contribution >= 0.6 is 0 Å². The molecule has 0 N–H and O–H groups in total. The molecule has 162 valence electrons. The minimum absolute atomic E-state index is 0.00832. The average Bonchev–Trinajstić information content (AvgIpc) is 3.22. The number of halogens is 3. The van der Waals surface area contributed by atoms with Crippen molar-refractivity contribution in [3.63, 3.8) is 0 Å². The van der Waals surface area contributed by atoms with Crippen LogP contribution in [-0.4, -0.2) is 38.4 Å². The van der Waals surface area contributed by atoms with E-state index >= 15 is 0 Å². The number of carbonyl (C=O) groups excluding carboxylic acids is 1. The molecule has 4 aromatic rings. The summed E-state index contributed by atoms with van der Waals surface area (Å²) in [5.41, 5.74) is 2.16. The summed E-state index contributed by atoms with van der Waals surface area (Å²) >= 11 is 0. The summed E-state index contributed by atoms with van der Waals surface area (Å²) in [7, 11) is 0. The molecule has 5 nitrogen and oxygen atoms in total. The maximum atomic E-state index is 13.8. The minimum atomic E-state index is -4.65. The van der Waals surface area contributed by atoms with E-state index in [-0.39, 0.29) is 29.4 Å². The van der Waals surface area contributed by atoms with Crippen LogP contribution in [0.15, 0.2) is 66.7 Å². The average molecular weight is 436 g/mol. The number of hydrogen-bond donors (Lipinski definition) is 0. The van der Waals surface area contributed by atoms with Crippen LogP contribution in [-0.2, 0) is 19.1 Å². The molecule has 0 saturated carbocycles. The number of rotatable bonds is 4. The van der Waals surface area contributed by atoms with Crippen molar-refractivity contribution in [1.29, 1.82) is 0 Å². The summed E-state index contributed by atoms with van der Waals surface area (Å²) in [5.74, 6) is -0.329. The highest BCUT2D eigenvalue weighted by Gasteiger charge is 2.35. The van der Waals surface area contributed by atoms with Gasteiger partial charge in [0, 0.05) is 24.7 Å². The predicted octanol–water partition coefficient (Wildman–Crippen LogP) is 4.66. The van der Waals surface area contributed by atoms with Crippen molar-refractivity contribution < 1.29 is 18.0 Å². The van der Waals surface area contributed by atoms with Gasteiger partial charge in [0.2, 0.25) is 0 Å². The zero-order valence-electron chi connectivity index (χ0n) is 17.0. The standard InChI is InChI=1S/C24H19F3N4O/c25-24(26,27)22-12-19(17-7-2-1-3-8-17)28-23-13-20(29-31(22)23)21(32)15-30-11-10-16-6-4-5-9-18(16)14-30/h1-9,12-13H,10-11,14-15H2. The van der Waals surface area contributed by atoms with E-state index < -0.39 is 11.9 Å². The molecule has 0 fully saturated rings. The maximum Gasteiger partial charge on any atom is 0.433 e. The van der Waals surface area contributed by atoms with Crippen molar-refractivity contribution in [2.45, 2.75) is 19.1 Å². The normalized spacial score (nSPS) is 14.5. The number of Topliss-reactive ketones (excluding diaryl/α,β-unsaturated/α-hetero) is 1. The van der Waals surface area contributed by atoms with Gasteiger partial charge in [-0.1, -0.05) is 54.6 Å². The first-order valence-corrected chi connectivity index (χ1v) is 10.2. The molecule has 0 amide bonds. The zero-order chi connectivity index (χ0) is 22.3. The third kappa shape index (κ3) is 3.89. The molecule has 0 radical (unpaired) electrons. The van der Waals surface area contributed by atoms with Crippen LogP contribution in [0.2, 0.25) is 0 Å². The quantitative estimate of drug-likeness (QED) is 0.437. The number of carbonyl (C=O) groups is 1. The summed E-state index contributed by atoms with van der Waals surface area (Å²) in [6, 6.07) is 19.0. The number of benzene rings is 2. The third-order valence-electron chi connectivity index (χ3n) is 5.65. The van der Waals surface area contributed by atoms with Crippen molar-refractivity contribution in [2.24, 2.45) is 0 Å². The van der Waals surface area contributed by atoms with Gasteiger partial charge in [0.1, 0.15) is 5.69 Å². The van der Waals surface area contributed by atoms with Gasteiger partial charge in [-0.15, -0.1) is 0 Å². The number of alkyl halides is 3. The van der Waals surface area contributed by atoms with E-state index in [1.807, 2.05) is 23.1 Å². The minimum Gasteiger partial charge on any atom is -0.291 e. The maximum absolute atomic E-state index is 13.8. The number of fused-ring (bicyclic) bond motifs is 2. The number of nitrogens with zero attached hydrogens (tertiary/aromatic N) is 4. The van der Waals surface area contributed by atoms with Crippen LogP contribution in [0, 0.1) is 0 Å². The van der Waals surface area contributed by atoms with Crippen LogP contribution in [0.4, 0.5) is 13.2 Å². The fourth-order valence-corrected chi connectivity index (χ4v) is 4.04. The Balaban J connectivity index is 1.47. The van der Waals surface area contributed by atoms with E-state index in [4.69, 9.17) is 0 Å². The van der Waals surface area contributed by atoms with Gasteiger partial charge in [-0.25, -0.2) is 9.50 Å². The first kappa shape index (κ1) is 20.4. The third-order valence-corrected chi connectivity index (χ3v) is 5.65. The molecule has 0 aliphatic carbocycles. The first-order valence-electron chi connectivity index (χ1n) is 10.2. The zero-order valence-corrected chi connectivity index (χ0v) is 17.0. The Morgan fingerprint density at radius 2 is 1.69 bits per heavy atom. The second kappa shape index (κ2) is 7.87. The lowest BCUT2D eigenvalue weighted by Gasteiger charge is -2.27. The molecule has 32 heavy (non-hydrogen) atoms. The highest BCUT2D eigenvalue weighted by Crippen LogP contribution is 2.32. The molecular formula is C24H19F3N4O. The van der Waals surface area contributed by atoms with Gasteiger partial charge < -0.3 is 0 Å². The molecule has 0 unspecified atom stereocenters. The van der Waals surface area contributed by atoms with Crippen LogP contribution in [0.5, 0.6) is 0 Å². The van der Waals surface area contributed by atoms with Crippen LogP contribution in [0.25, 0.3) is 16.9 Å². The molecule has 8 heteroatoms. The van der Waals surface area contributed by atoms with Crippen molar-refractivity contribution >= 4 is 11.4 Å². The number of ketones is 1. The number of hydrogen-bond acceptors (Lipinski definition) is 4. The van der Waals surface area contributed by atoms with Crippen molar-refractivity contribution in [3.8, 4) is 11.3 Å². The second-order valence-electron chi connectivity index (χ2n) is 7.84. The van der Waals surface area contributed by atoms with Gasteiger partial charge in [-0.3, -0.25) is 9.69 Å². The molecule has 0 spiro atoms. The summed E-state index contributed by atoms with van der Waals surface area (Å²) in [6.45, 7) is 1.42. The number of aromatic nitrogens is 3. The van der Waals surface area contributed by atoms with Crippen molar-refractivity contribution in [3.05, 3.63) is 89.2 Å². The lowest BCUT2D eigenvalue weighted by atomic mass is 10.00. The monoisotopic (exact) mass is 436 g/mol. The molecular weight excluding hydrogens is 417 g/mol. The SMILES string of the molecule is O=C(CN1CCc2ccccc2C1)c1cc2nc(-c3ccccc3)cc(C(F)(F)F)n2n1. The largest absolute Gasteiger partial charge is 0.433 e. The van der Waals surface area contributed by atoms with Crippen molar-refractivity contribution in [2.75, 3.05) is 13.1 Å². The molecule has 0 bridgehead atoms. The van der Waals surface area contributed by atoms with Gasteiger partial charge in [0.15, 0.2) is 17.1 Å². The Bertz CT molecular complexity index is 1300. The molecule has 1 aliphatic heterocycles. The molecule has 3 heterocycles. The summed E-state index contributed by atoms with van der Waals surface area (Å²) in [5, 5.41) is 3.98. The molecule has 5 rings (SSSR count). The Kier molecular flexibility index (Phi) is 5.01. The van der Waals surface area contributed by atoms with E-state index in [9.17, 15) is 18.0 Å². The summed E-state index contributed by atoms with van der Waals surface area (Å²) < 4.78 is 42.0. The van der Waals surface area contributed by atoms with Crippen LogP contribution in [0.1, 0.15) is 27.3 Å². The van der Waals surface area contributed by atoms with Crippen LogP contribution < -0.4 is 0 Å². The fourth-order valence-electron chi connectivity index (χ4n) is 4.04. The molecule has 2 aromatic heterocycles. The highest BCUT2D eigenvalue weighted by atomic mass is 19.4. The Morgan fingerprint density at radius 3 is 2.44 bits per heavy atom. The smallest absolute Gasteiger partial charge is 0.291 e. The Hall–Kier alpha value is -3.52. The highest BCUT2D eigenvalue weighted by molar-refractivity contribution is 5.96. The second-order valence-corrected chi connectivity index (χ2v) is 7.84. The first-order chi connectivity index (χ1) is 15.4. The molecule has 0 atom stereocenters. The topological polar surface area (TPSA) is 50.5 Å². The van der Waals surface area contributed by atoms with Gasteiger partial charge in [-0.2, -0.15) is 18.3 Å². The van der Waals surface area contributed by atoms with E-state index in [1.165, 1.54) is 11.6 Å². The van der Waals surface area contributed by atoms with Crippen LogP contribution in [0.3, 0.4) is 0 Å². The molecule has 2 aromatic carbocycles. The Morgan fingerprint density at radius 1 is 0.969 bits per heavy atom. The molecule has 0 saturated heterocycles. The van der Waals surface area contributed by atoms with E-state index in [2.05, 4.69) is 16.1 Å². The van der Waals surface area contributed by atoms with Crippen molar-refractivity contribution in [1.82, 2.24) is 19.5 Å². The van der Waals surface area contributed by atoms with E-state index in [0.29, 0.717) is 23.2 Å². The van der Waals surface area contributed by atoms with Gasteiger partial charge in [-0.05, 0) is 23.6 Å². The van der Waals surface area contributed by atoms with E-state index in [1.54, 1.807) is 30.3 Å². The lowest BCUT2D eigenvalue weighted by Crippen LogP contribution is -2.35. The fraction of sp³-hybridized carbons (Fsp3) is 0.208. The summed E-state index contributed by atoms with van der Waals surface area (Å²) in [4.78, 5) is 19.2. The van der Waals surface area contributed by atoms with Gasteiger partial charge in [0.05, 0.1) is 12.2 Å².